The minimum Gasteiger partial charge on any atom is -0.367 e. The highest BCUT2D eigenvalue weighted by Crippen LogP contribution is 2.32. The van der Waals surface area contributed by atoms with Crippen molar-refractivity contribution in [2.75, 3.05) is 5.73 Å². The predicted molar refractivity (Wildman–Crippen MR) is 64.8 cm³/mol. The van der Waals surface area contributed by atoms with Crippen LogP contribution >= 0.6 is 0 Å². The van der Waals surface area contributed by atoms with E-state index >= 15 is 0 Å². The number of nitrogens with zero attached hydrogens (tertiary/aromatic N) is 1. The second-order valence-electron chi connectivity index (χ2n) is 4.62. The number of anilines is 1. The van der Waals surface area contributed by atoms with Gasteiger partial charge in [-0.25, -0.2) is 8.78 Å². The van der Waals surface area contributed by atoms with Gasteiger partial charge in [-0.05, 0) is 30.0 Å². The van der Waals surface area contributed by atoms with Crippen LogP contribution in [0.2, 0.25) is 0 Å². The molecule has 1 aromatic carbocycles. The first-order valence-electron chi connectivity index (χ1n) is 5.68. The molecule has 2 N–H and O–H groups in total. The van der Waals surface area contributed by atoms with Crippen LogP contribution in [0.4, 0.5) is 14.7 Å². The zero-order chi connectivity index (χ0) is 13.3. The Morgan fingerprint density at radius 3 is 2.39 bits per heavy atom. The third kappa shape index (κ3) is 2.50. The largest absolute Gasteiger partial charge is 0.367 e. The van der Waals surface area contributed by atoms with Gasteiger partial charge in [0.25, 0.3) is 0 Å². The first-order chi connectivity index (χ1) is 8.47. The molecule has 0 spiro atoms. The summed E-state index contributed by atoms with van der Waals surface area (Å²) in [6.07, 6.45) is 0.633. The Labute approximate surface area is 104 Å². The monoisotopic (exact) mass is 252 g/mol. The van der Waals surface area contributed by atoms with Crippen LogP contribution in [0.25, 0.3) is 11.1 Å². The van der Waals surface area contributed by atoms with Crippen LogP contribution < -0.4 is 5.73 Å². The molecule has 0 unspecified atom stereocenters. The standard InChI is InChI=1S/C13H14F2N2O/c1-7(2)3-11-12(13(16)18-17-11)8-4-9(14)6-10(15)5-8/h4-7H,3,16H2,1-2H3. The lowest BCUT2D eigenvalue weighted by atomic mass is 9.99. The number of hydrogen-bond acceptors (Lipinski definition) is 3. The number of hydrogen-bond donors (Lipinski definition) is 1. The topological polar surface area (TPSA) is 52.0 Å². The molecule has 0 radical (unpaired) electrons. The molecule has 1 aromatic heterocycles. The molecule has 2 rings (SSSR count). The molecule has 1 heterocycles. The molecule has 0 aliphatic rings. The van der Waals surface area contributed by atoms with Crippen LogP contribution in [0.15, 0.2) is 22.7 Å². The number of nitrogens with two attached hydrogens (primary N) is 1. The van der Waals surface area contributed by atoms with Gasteiger partial charge in [-0.15, -0.1) is 0 Å². The molecule has 5 heteroatoms. The lowest BCUT2D eigenvalue weighted by Gasteiger charge is -2.05. The quantitative estimate of drug-likeness (QED) is 0.910. The van der Waals surface area contributed by atoms with E-state index in [2.05, 4.69) is 5.16 Å². The maximum Gasteiger partial charge on any atom is 0.230 e. The molecule has 0 saturated carbocycles. The number of halogens is 2. The minimum atomic E-state index is -0.652. The summed E-state index contributed by atoms with van der Waals surface area (Å²) in [7, 11) is 0. The number of rotatable bonds is 3. The van der Waals surface area contributed by atoms with Gasteiger partial charge in [0.15, 0.2) is 0 Å². The highest BCUT2D eigenvalue weighted by Gasteiger charge is 2.18. The van der Waals surface area contributed by atoms with E-state index < -0.39 is 11.6 Å². The number of nitrogen functional groups attached to an aromatic ring is 1. The average Bonchev–Trinajstić information content (AvgIpc) is 2.57. The van der Waals surface area contributed by atoms with E-state index in [0.29, 0.717) is 29.2 Å². The zero-order valence-electron chi connectivity index (χ0n) is 10.2. The molecule has 0 bridgehead atoms. The molecular weight excluding hydrogens is 238 g/mol. The molecule has 0 aliphatic heterocycles. The van der Waals surface area contributed by atoms with Crippen molar-refractivity contribution in [1.82, 2.24) is 5.16 Å². The van der Waals surface area contributed by atoms with Gasteiger partial charge in [0.1, 0.15) is 11.6 Å². The summed E-state index contributed by atoms with van der Waals surface area (Å²) in [5.74, 6) is -0.885. The molecule has 0 saturated heterocycles. The second-order valence-corrected chi connectivity index (χ2v) is 4.62. The molecular formula is C13H14F2N2O. The van der Waals surface area contributed by atoms with Gasteiger partial charge in [-0.3, -0.25) is 0 Å². The summed E-state index contributed by atoms with van der Waals surface area (Å²) in [5.41, 5.74) is 7.12. The van der Waals surface area contributed by atoms with Gasteiger partial charge in [0, 0.05) is 6.07 Å². The van der Waals surface area contributed by atoms with Crippen molar-refractivity contribution in [2.24, 2.45) is 5.92 Å². The molecule has 18 heavy (non-hydrogen) atoms. The summed E-state index contributed by atoms with van der Waals surface area (Å²) in [6.45, 7) is 4.03. The van der Waals surface area contributed by atoms with E-state index in [4.69, 9.17) is 10.3 Å². The van der Waals surface area contributed by atoms with Crippen LogP contribution in [0.5, 0.6) is 0 Å². The number of aromatic nitrogens is 1. The van der Waals surface area contributed by atoms with Gasteiger partial charge < -0.3 is 10.3 Å². The third-order valence-electron chi connectivity index (χ3n) is 2.54. The Morgan fingerprint density at radius 1 is 1.22 bits per heavy atom. The molecule has 3 nitrogen and oxygen atoms in total. The third-order valence-corrected chi connectivity index (χ3v) is 2.54. The summed E-state index contributed by atoms with van der Waals surface area (Å²) in [4.78, 5) is 0. The summed E-state index contributed by atoms with van der Waals surface area (Å²) >= 11 is 0. The average molecular weight is 252 g/mol. The van der Waals surface area contributed by atoms with E-state index in [1.165, 1.54) is 12.1 Å². The van der Waals surface area contributed by atoms with E-state index in [0.717, 1.165) is 6.07 Å². The van der Waals surface area contributed by atoms with Gasteiger partial charge in [-0.2, -0.15) is 0 Å². The summed E-state index contributed by atoms with van der Waals surface area (Å²) in [5, 5.41) is 3.85. The van der Waals surface area contributed by atoms with Crippen LogP contribution in [0, 0.1) is 17.6 Å². The van der Waals surface area contributed by atoms with E-state index in [1.54, 1.807) is 0 Å². The fourth-order valence-electron chi connectivity index (χ4n) is 1.87. The highest BCUT2D eigenvalue weighted by molar-refractivity contribution is 5.75. The molecule has 2 aromatic rings. The van der Waals surface area contributed by atoms with Crippen LogP contribution in [-0.4, -0.2) is 5.16 Å². The first kappa shape index (κ1) is 12.5. The van der Waals surface area contributed by atoms with Gasteiger partial charge in [0.2, 0.25) is 5.88 Å². The molecule has 0 aliphatic carbocycles. The SMILES string of the molecule is CC(C)Cc1noc(N)c1-c1cc(F)cc(F)c1. The molecule has 0 atom stereocenters. The smallest absolute Gasteiger partial charge is 0.230 e. The second kappa shape index (κ2) is 4.76. The Balaban J connectivity index is 2.52. The van der Waals surface area contributed by atoms with Crippen molar-refractivity contribution < 1.29 is 13.3 Å². The lowest BCUT2D eigenvalue weighted by Crippen LogP contribution is -1.98. The maximum absolute atomic E-state index is 13.2. The van der Waals surface area contributed by atoms with Crippen molar-refractivity contribution in [3.8, 4) is 11.1 Å². The fourth-order valence-corrected chi connectivity index (χ4v) is 1.87. The van der Waals surface area contributed by atoms with Crippen LogP contribution in [0.3, 0.4) is 0 Å². The van der Waals surface area contributed by atoms with Crippen molar-refractivity contribution in [2.45, 2.75) is 20.3 Å². The maximum atomic E-state index is 13.2. The van der Waals surface area contributed by atoms with Gasteiger partial charge in [-0.1, -0.05) is 19.0 Å². The summed E-state index contributed by atoms with van der Waals surface area (Å²) in [6, 6.07) is 3.25. The predicted octanol–water partition coefficient (Wildman–Crippen LogP) is 3.40. The minimum absolute atomic E-state index is 0.0793. The highest BCUT2D eigenvalue weighted by atomic mass is 19.1. The Bertz CT molecular complexity index is 544. The normalized spacial score (nSPS) is 11.2. The number of benzene rings is 1. The van der Waals surface area contributed by atoms with Crippen LogP contribution in [-0.2, 0) is 6.42 Å². The van der Waals surface area contributed by atoms with E-state index in [-0.39, 0.29) is 5.88 Å². The van der Waals surface area contributed by atoms with Crippen molar-refractivity contribution in [1.29, 1.82) is 0 Å². The van der Waals surface area contributed by atoms with Crippen molar-refractivity contribution in [3.63, 3.8) is 0 Å². The van der Waals surface area contributed by atoms with Gasteiger partial charge >= 0.3 is 0 Å². The van der Waals surface area contributed by atoms with Crippen LogP contribution in [0.1, 0.15) is 19.5 Å². The first-order valence-corrected chi connectivity index (χ1v) is 5.68. The summed E-state index contributed by atoms with van der Waals surface area (Å²) < 4.78 is 31.3. The molecule has 96 valence electrons. The van der Waals surface area contributed by atoms with E-state index in [1.807, 2.05) is 13.8 Å². The Hall–Kier alpha value is -1.91. The van der Waals surface area contributed by atoms with E-state index in [9.17, 15) is 8.78 Å². The fraction of sp³-hybridized carbons (Fsp3) is 0.308. The lowest BCUT2D eigenvalue weighted by molar-refractivity contribution is 0.422. The Kier molecular flexibility index (Phi) is 3.32. The molecule has 0 fully saturated rings. The zero-order valence-corrected chi connectivity index (χ0v) is 10.2. The molecule has 0 amide bonds. The van der Waals surface area contributed by atoms with Crippen molar-refractivity contribution >= 4 is 5.88 Å². The Morgan fingerprint density at radius 2 is 1.83 bits per heavy atom. The van der Waals surface area contributed by atoms with Gasteiger partial charge in [0.05, 0.1) is 11.3 Å². The van der Waals surface area contributed by atoms with Crippen molar-refractivity contribution in [3.05, 3.63) is 35.5 Å².